The van der Waals surface area contributed by atoms with E-state index in [1.807, 2.05) is 30.3 Å². The van der Waals surface area contributed by atoms with Crippen molar-refractivity contribution in [3.63, 3.8) is 0 Å². The number of rotatable bonds is 11. The van der Waals surface area contributed by atoms with Gasteiger partial charge in [-0.1, -0.05) is 54.5 Å². The van der Waals surface area contributed by atoms with E-state index < -0.39 is 0 Å². The number of nitrogens with two attached hydrogens (primary N) is 2. The number of nitrogens with one attached hydrogen (secondary N) is 3. The number of carbonyl (C=O) groups excluding carboxylic acids is 2. The summed E-state index contributed by atoms with van der Waals surface area (Å²) >= 11 is 1.39. The molecule has 0 bridgehead atoms. The maximum atomic E-state index is 12.0. The van der Waals surface area contributed by atoms with Gasteiger partial charge in [-0.05, 0) is 49.8 Å². The number of anilines is 1. The first-order valence-electron chi connectivity index (χ1n) is 11.6. The summed E-state index contributed by atoms with van der Waals surface area (Å²) in [5, 5.41) is 18.0. The monoisotopic (exact) mass is 483 g/mol. The van der Waals surface area contributed by atoms with Crippen LogP contribution in [0, 0.1) is 0 Å². The van der Waals surface area contributed by atoms with E-state index in [4.69, 9.17) is 11.5 Å². The summed E-state index contributed by atoms with van der Waals surface area (Å²) in [6.45, 7) is 0. The predicted molar refractivity (Wildman–Crippen MR) is 135 cm³/mol. The van der Waals surface area contributed by atoms with Crippen LogP contribution in [0.3, 0.4) is 0 Å². The van der Waals surface area contributed by atoms with Crippen molar-refractivity contribution in [2.24, 2.45) is 11.5 Å². The van der Waals surface area contributed by atoms with Gasteiger partial charge >= 0.3 is 6.03 Å². The van der Waals surface area contributed by atoms with Gasteiger partial charge in [0.05, 0.1) is 6.42 Å². The van der Waals surface area contributed by atoms with E-state index in [2.05, 4.69) is 26.1 Å². The van der Waals surface area contributed by atoms with E-state index >= 15 is 0 Å². The molecule has 1 heterocycles. The molecule has 1 fully saturated rings. The number of carbonyl (C=O) groups is 2. The van der Waals surface area contributed by atoms with Gasteiger partial charge in [0.25, 0.3) is 0 Å². The van der Waals surface area contributed by atoms with E-state index in [0.29, 0.717) is 17.2 Å². The molecule has 1 saturated carbocycles. The predicted octanol–water partition coefficient (Wildman–Crippen LogP) is 3.32. The minimum Gasteiger partial charge on any atom is -0.402 e. The molecule has 0 atom stereocenters. The zero-order valence-corrected chi connectivity index (χ0v) is 20.1. The lowest BCUT2D eigenvalue weighted by molar-refractivity contribution is -0.119. The molecule has 182 valence electrons. The van der Waals surface area contributed by atoms with Crippen LogP contribution < -0.4 is 27.4 Å². The van der Waals surface area contributed by atoms with Gasteiger partial charge in [0.2, 0.25) is 11.0 Å². The molecule has 9 nitrogen and oxygen atoms in total. The zero-order chi connectivity index (χ0) is 24.2. The SMILES string of the molecule is N/C(=C\C=C(/N)NC(=O)Cc1ccccc1)CCCCc1nnc(NC(=O)NC2CCCC2)s1. The van der Waals surface area contributed by atoms with Gasteiger partial charge in [0.15, 0.2) is 0 Å². The number of benzene rings is 1. The lowest BCUT2D eigenvalue weighted by Gasteiger charge is -2.11. The Bertz CT molecular complexity index is 998. The van der Waals surface area contributed by atoms with Gasteiger partial charge in [0, 0.05) is 18.2 Å². The van der Waals surface area contributed by atoms with Gasteiger partial charge < -0.3 is 22.1 Å². The first-order valence-corrected chi connectivity index (χ1v) is 12.4. The Kier molecular flexibility index (Phi) is 9.90. The third-order valence-corrected chi connectivity index (χ3v) is 6.35. The molecule has 1 aliphatic carbocycles. The van der Waals surface area contributed by atoms with Crippen LogP contribution in [-0.4, -0.2) is 28.2 Å². The third kappa shape index (κ3) is 9.22. The summed E-state index contributed by atoms with van der Waals surface area (Å²) in [6.07, 6.45) is 11.2. The molecular formula is C24H33N7O2S. The van der Waals surface area contributed by atoms with Crippen molar-refractivity contribution in [1.29, 1.82) is 0 Å². The largest absolute Gasteiger partial charge is 0.402 e. The van der Waals surface area contributed by atoms with E-state index in [0.717, 1.165) is 42.7 Å². The zero-order valence-electron chi connectivity index (χ0n) is 19.3. The Labute approximate surface area is 204 Å². The fourth-order valence-electron chi connectivity index (χ4n) is 3.71. The van der Waals surface area contributed by atoms with E-state index in [9.17, 15) is 9.59 Å². The molecule has 3 amide bonds. The molecular weight excluding hydrogens is 450 g/mol. The molecule has 7 N–H and O–H groups in total. The third-order valence-electron chi connectivity index (χ3n) is 5.45. The highest BCUT2D eigenvalue weighted by Crippen LogP contribution is 2.20. The number of nitrogens with zero attached hydrogens (tertiary/aromatic N) is 2. The number of hydrogen-bond donors (Lipinski definition) is 5. The summed E-state index contributed by atoms with van der Waals surface area (Å²) < 4.78 is 0. The highest BCUT2D eigenvalue weighted by molar-refractivity contribution is 7.15. The lowest BCUT2D eigenvalue weighted by Crippen LogP contribution is -2.36. The molecule has 0 radical (unpaired) electrons. The quantitative estimate of drug-likeness (QED) is 0.245. The van der Waals surface area contributed by atoms with Crippen molar-refractivity contribution in [1.82, 2.24) is 20.8 Å². The molecule has 0 unspecified atom stereocenters. The molecule has 1 aromatic carbocycles. The summed E-state index contributed by atoms with van der Waals surface area (Å²) in [5.74, 6) is 0.0867. The second-order valence-electron chi connectivity index (χ2n) is 8.36. The van der Waals surface area contributed by atoms with Crippen LogP contribution in [0.1, 0.15) is 55.5 Å². The van der Waals surface area contributed by atoms with Gasteiger partial charge in [-0.25, -0.2) is 4.79 Å². The Morgan fingerprint density at radius 1 is 1.06 bits per heavy atom. The molecule has 0 aliphatic heterocycles. The van der Waals surface area contributed by atoms with Gasteiger partial charge in [-0.15, -0.1) is 10.2 Å². The van der Waals surface area contributed by atoms with Crippen LogP contribution in [-0.2, 0) is 17.6 Å². The Morgan fingerprint density at radius 2 is 1.82 bits per heavy atom. The van der Waals surface area contributed by atoms with Crippen molar-refractivity contribution >= 4 is 28.4 Å². The molecule has 2 aromatic rings. The fourth-order valence-corrected chi connectivity index (χ4v) is 4.48. The maximum absolute atomic E-state index is 12.0. The summed E-state index contributed by atoms with van der Waals surface area (Å²) in [4.78, 5) is 24.1. The highest BCUT2D eigenvalue weighted by atomic mass is 32.1. The number of allylic oxidation sites excluding steroid dienone is 3. The molecule has 34 heavy (non-hydrogen) atoms. The second kappa shape index (κ2) is 13.3. The van der Waals surface area contributed by atoms with Crippen molar-refractivity contribution in [3.8, 4) is 0 Å². The average Bonchev–Trinajstić information content (AvgIpc) is 3.48. The van der Waals surface area contributed by atoms with E-state index in [1.165, 1.54) is 24.2 Å². The van der Waals surface area contributed by atoms with Crippen molar-refractivity contribution in [2.45, 2.75) is 63.8 Å². The Balaban J connectivity index is 1.31. The lowest BCUT2D eigenvalue weighted by atomic mass is 10.1. The van der Waals surface area contributed by atoms with E-state index in [1.54, 1.807) is 12.2 Å². The molecule has 1 aromatic heterocycles. The molecule has 1 aliphatic rings. The van der Waals surface area contributed by atoms with Crippen LogP contribution in [0.5, 0.6) is 0 Å². The van der Waals surface area contributed by atoms with Crippen LogP contribution in [0.25, 0.3) is 0 Å². The van der Waals surface area contributed by atoms with Crippen molar-refractivity contribution in [2.75, 3.05) is 5.32 Å². The number of unbranched alkanes of at least 4 members (excludes halogenated alkanes) is 1. The van der Waals surface area contributed by atoms with Crippen LogP contribution in [0.15, 0.2) is 54.0 Å². The number of hydrogen-bond acceptors (Lipinski definition) is 7. The fraction of sp³-hybridized carbons (Fsp3) is 0.417. The minimum atomic E-state index is -0.212. The smallest absolute Gasteiger partial charge is 0.321 e. The van der Waals surface area contributed by atoms with E-state index in [-0.39, 0.29) is 30.2 Å². The second-order valence-corrected chi connectivity index (χ2v) is 9.42. The number of aromatic nitrogens is 2. The first-order chi connectivity index (χ1) is 16.5. The molecule has 0 saturated heterocycles. The number of urea groups is 1. The maximum Gasteiger partial charge on any atom is 0.321 e. The summed E-state index contributed by atoms with van der Waals surface area (Å²) in [6, 6.07) is 9.53. The molecule has 10 heteroatoms. The molecule has 0 spiro atoms. The number of aryl methyl sites for hydroxylation is 1. The standard InChI is InChI=1S/C24H33N7O2S/c25-18(14-15-20(26)28-21(32)16-17-8-2-1-3-9-17)10-4-7-13-22-30-31-24(34-22)29-23(33)27-19-11-5-6-12-19/h1-3,8-9,14-15,19H,4-7,10-13,16,25-26H2,(H,28,32)(H2,27,29,31,33)/b18-14-,20-15+. The van der Waals surface area contributed by atoms with Gasteiger partial charge in [-0.2, -0.15) is 0 Å². The normalized spacial score (nSPS) is 14.7. The Morgan fingerprint density at radius 3 is 2.59 bits per heavy atom. The molecule has 3 rings (SSSR count). The number of amides is 3. The first kappa shape index (κ1) is 25.2. The highest BCUT2D eigenvalue weighted by Gasteiger charge is 2.17. The van der Waals surface area contributed by atoms with Gasteiger partial charge in [-0.3, -0.25) is 10.1 Å². The van der Waals surface area contributed by atoms with Gasteiger partial charge in [0.1, 0.15) is 10.8 Å². The van der Waals surface area contributed by atoms with Crippen molar-refractivity contribution < 1.29 is 9.59 Å². The van der Waals surface area contributed by atoms with Crippen molar-refractivity contribution in [3.05, 3.63) is 64.6 Å². The van der Waals surface area contributed by atoms with Crippen LogP contribution >= 0.6 is 11.3 Å². The minimum absolute atomic E-state index is 0.172. The Hall–Kier alpha value is -3.40. The van der Waals surface area contributed by atoms with Crippen LogP contribution in [0.2, 0.25) is 0 Å². The average molecular weight is 484 g/mol. The topological polar surface area (TPSA) is 148 Å². The summed E-state index contributed by atoms with van der Waals surface area (Å²) in [7, 11) is 0. The van der Waals surface area contributed by atoms with Crippen LogP contribution in [0.4, 0.5) is 9.93 Å². The summed E-state index contributed by atoms with van der Waals surface area (Å²) in [5.41, 5.74) is 13.5.